The maximum Gasteiger partial charge on any atom is 0.244 e. The van der Waals surface area contributed by atoms with E-state index in [1.54, 1.807) is 24.3 Å². The summed E-state index contributed by atoms with van der Waals surface area (Å²) in [7, 11) is -3.63. The lowest BCUT2D eigenvalue weighted by molar-refractivity contribution is 0.180. The SMILES string of the molecule is CC(C)CCN1CCN(S(=O)(=O)c2ccc(-c3c(O)[nH]c4ccc(C#N)cc34)nc2)CC1. The molecule has 1 aromatic carbocycles. The summed E-state index contributed by atoms with van der Waals surface area (Å²) in [6.07, 6.45) is 2.44. The highest BCUT2D eigenvalue weighted by molar-refractivity contribution is 7.89. The van der Waals surface area contributed by atoms with Crippen LogP contribution in [0.15, 0.2) is 41.4 Å². The number of aromatic hydroxyl groups is 1. The van der Waals surface area contributed by atoms with E-state index in [2.05, 4.69) is 34.8 Å². The van der Waals surface area contributed by atoms with Crippen LogP contribution in [-0.4, -0.2) is 65.4 Å². The number of aromatic nitrogens is 2. The van der Waals surface area contributed by atoms with Crippen molar-refractivity contribution in [2.75, 3.05) is 32.7 Å². The van der Waals surface area contributed by atoms with Crippen LogP contribution in [0.25, 0.3) is 22.2 Å². The van der Waals surface area contributed by atoms with Crippen molar-refractivity contribution in [3.63, 3.8) is 0 Å². The molecule has 2 aromatic heterocycles. The fourth-order valence-corrected chi connectivity index (χ4v) is 5.34. The first-order chi connectivity index (χ1) is 15.3. The third kappa shape index (κ3) is 4.35. The van der Waals surface area contributed by atoms with Crippen molar-refractivity contribution in [3.05, 3.63) is 42.1 Å². The van der Waals surface area contributed by atoms with Gasteiger partial charge in [0.1, 0.15) is 4.90 Å². The van der Waals surface area contributed by atoms with E-state index in [-0.39, 0.29) is 10.8 Å². The van der Waals surface area contributed by atoms with E-state index in [1.807, 2.05) is 0 Å². The molecule has 0 amide bonds. The molecular formula is C23H27N5O3S. The predicted octanol–water partition coefficient (Wildman–Crippen LogP) is 3.16. The van der Waals surface area contributed by atoms with Gasteiger partial charge in [0.05, 0.1) is 22.9 Å². The van der Waals surface area contributed by atoms with Crippen molar-refractivity contribution in [2.45, 2.75) is 25.2 Å². The van der Waals surface area contributed by atoms with Crippen LogP contribution >= 0.6 is 0 Å². The molecule has 168 valence electrons. The summed E-state index contributed by atoms with van der Waals surface area (Å²) in [5.74, 6) is 0.556. The molecule has 3 aromatic rings. The first-order valence-electron chi connectivity index (χ1n) is 10.7. The number of sulfonamides is 1. The van der Waals surface area contributed by atoms with Crippen LogP contribution in [-0.2, 0) is 10.0 Å². The Morgan fingerprint density at radius 3 is 2.56 bits per heavy atom. The quantitative estimate of drug-likeness (QED) is 0.593. The minimum absolute atomic E-state index is 0.0734. The topological polar surface area (TPSA) is 113 Å². The lowest BCUT2D eigenvalue weighted by atomic mass is 10.1. The van der Waals surface area contributed by atoms with Gasteiger partial charge in [-0.15, -0.1) is 0 Å². The molecule has 1 aliphatic rings. The molecular weight excluding hydrogens is 426 g/mol. The number of nitrogens with one attached hydrogen (secondary N) is 1. The number of H-pyrrole nitrogens is 1. The van der Waals surface area contributed by atoms with Gasteiger partial charge in [0, 0.05) is 43.3 Å². The summed E-state index contributed by atoms with van der Waals surface area (Å²) in [5.41, 5.74) is 2.01. The van der Waals surface area contributed by atoms with Gasteiger partial charge in [-0.3, -0.25) is 4.98 Å². The molecule has 2 N–H and O–H groups in total. The van der Waals surface area contributed by atoms with Gasteiger partial charge in [-0.2, -0.15) is 9.57 Å². The summed E-state index contributed by atoms with van der Waals surface area (Å²) in [4.78, 5) is 9.64. The number of hydrogen-bond donors (Lipinski definition) is 2. The lowest BCUT2D eigenvalue weighted by Gasteiger charge is -2.34. The van der Waals surface area contributed by atoms with E-state index in [1.165, 1.54) is 16.6 Å². The van der Waals surface area contributed by atoms with Crippen molar-refractivity contribution in [1.29, 1.82) is 5.26 Å². The van der Waals surface area contributed by atoms with Crippen LogP contribution in [0.5, 0.6) is 5.88 Å². The maximum absolute atomic E-state index is 13.1. The molecule has 9 heteroatoms. The fraction of sp³-hybridized carbons (Fsp3) is 0.391. The van der Waals surface area contributed by atoms with Crippen LogP contribution in [0.1, 0.15) is 25.8 Å². The smallest absolute Gasteiger partial charge is 0.244 e. The van der Waals surface area contributed by atoms with Gasteiger partial charge >= 0.3 is 0 Å². The summed E-state index contributed by atoms with van der Waals surface area (Å²) < 4.78 is 27.7. The van der Waals surface area contributed by atoms with Crippen LogP contribution in [0.2, 0.25) is 0 Å². The number of hydrogen-bond acceptors (Lipinski definition) is 6. The predicted molar refractivity (Wildman–Crippen MR) is 123 cm³/mol. The van der Waals surface area contributed by atoms with Crippen LogP contribution in [0.4, 0.5) is 0 Å². The maximum atomic E-state index is 13.1. The van der Waals surface area contributed by atoms with Gasteiger partial charge in [0.15, 0.2) is 5.88 Å². The van der Waals surface area contributed by atoms with Gasteiger partial charge in [-0.25, -0.2) is 8.42 Å². The summed E-state index contributed by atoms with van der Waals surface area (Å²) in [6.45, 7) is 7.74. The van der Waals surface area contributed by atoms with Crippen molar-refractivity contribution in [1.82, 2.24) is 19.2 Å². The monoisotopic (exact) mass is 453 g/mol. The molecule has 0 bridgehead atoms. The Hall–Kier alpha value is -2.93. The molecule has 1 fully saturated rings. The van der Waals surface area contributed by atoms with E-state index < -0.39 is 10.0 Å². The zero-order valence-electron chi connectivity index (χ0n) is 18.2. The first kappa shape index (κ1) is 22.3. The van der Waals surface area contributed by atoms with E-state index in [0.717, 1.165) is 26.1 Å². The average molecular weight is 454 g/mol. The molecule has 0 unspecified atom stereocenters. The van der Waals surface area contributed by atoms with Gasteiger partial charge in [0.2, 0.25) is 10.0 Å². The number of nitriles is 1. The normalized spacial score (nSPS) is 15.9. The molecule has 3 heterocycles. The largest absolute Gasteiger partial charge is 0.494 e. The minimum atomic E-state index is -3.63. The molecule has 0 spiro atoms. The van der Waals surface area contributed by atoms with E-state index in [9.17, 15) is 18.8 Å². The van der Waals surface area contributed by atoms with Crippen molar-refractivity contribution in [3.8, 4) is 23.2 Å². The summed E-state index contributed by atoms with van der Waals surface area (Å²) >= 11 is 0. The zero-order chi connectivity index (χ0) is 22.9. The lowest BCUT2D eigenvalue weighted by Crippen LogP contribution is -2.48. The number of benzene rings is 1. The summed E-state index contributed by atoms with van der Waals surface area (Å²) in [6, 6.07) is 10.3. The van der Waals surface area contributed by atoms with Gasteiger partial charge in [-0.1, -0.05) is 13.8 Å². The molecule has 8 nitrogen and oxygen atoms in total. The van der Waals surface area contributed by atoms with Crippen LogP contribution < -0.4 is 0 Å². The average Bonchev–Trinajstić information content (AvgIpc) is 3.12. The van der Waals surface area contributed by atoms with E-state index in [4.69, 9.17) is 0 Å². The molecule has 0 atom stereocenters. The molecule has 0 saturated carbocycles. The molecule has 0 aliphatic carbocycles. The van der Waals surface area contributed by atoms with Gasteiger partial charge < -0.3 is 15.0 Å². The Kier molecular flexibility index (Phi) is 6.20. The zero-order valence-corrected chi connectivity index (χ0v) is 19.1. The Balaban J connectivity index is 1.54. The number of nitrogens with zero attached hydrogens (tertiary/aromatic N) is 4. The second-order valence-electron chi connectivity index (χ2n) is 8.53. The van der Waals surface area contributed by atoms with Gasteiger partial charge in [0.25, 0.3) is 0 Å². The molecule has 0 radical (unpaired) electrons. The van der Waals surface area contributed by atoms with Crippen molar-refractivity contribution in [2.24, 2.45) is 5.92 Å². The van der Waals surface area contributed by atoms with Crippen molar-refractivity contribution >= 4 is 20.9 Å². The molecule has 1 aliphatic heterocycles. The Labute approximate surface area is 188 Å². The number of fused-ring (bicyclic) bond motifs is 1. The fourth-order valence-electron chi connectivity index (χ4n) is 3.97. The number of rotatable bonds is 6. The highest BCUT2D eigenvalue weighted by Crippen LogP contribution is 2.36. The first-order valence-corrected chi connectivity index (χ1v) is 12.2. The number of pyridine rings is 1. The van der Waals surface area contributed by atoms with Crippen LogP contribution in [0.3, 0.4) is 0 Å². The molecule has 32 heavy (non-hydrogen) atoms. The third-order valence-electron chi connectivity index (χ3n) is 5.89. The summed E-state index contributed by atoms with van der Waals surface area (Å²) in [5, 5.41) is 20.2. The van der Waals surface area contributed by atoms with E-state index >= 15 is 0 Å². The standard InChI is InChI=1S/C23H27N5O3S/c1-16(2)7-8-27-9-11-28(12-10-27)32(30,31)18-4-6-21(25-15-18)22-19-13-17(14-24)3-5-20(19)26-23(22)29/h3-6,13,15-16,26,29H,7-12H2,1-2H3. The van der Waals surface area contributed by atoms with E-state index in [0.29, 0.717) is 46.7 Å². The second kappa shape index (κ2) is 8.90. The molecule has 4 rings (SSSR count). The second-order valence-corrected chi connectivity index (χ2v) is 10.5. The Morgan fingerprint density at radius 2 is 1.94 bits per heavy atom. The number of piperazine rings is 1. The minimum Gasteiger partial charge on any atom is -0.494 e. The Morgan fingerprint density at radius 1 is 1.19 bits per heavy atom. The highest BCUT2D eigenvalue weighted by Gasteiger charge is 2.29. The van der Waals surface area contributed by atoms with Crippen molar-refractivity contribution < 1.29 is 13.5 Å². The number of aromatic amines is 1. The Bertz CT molecular complexity index is 1250. The third-order valence-corrected chi connectivity index (χ3v) is 7.77. The van der Waals surface area contributed by atoms with Gasteiger partial charge in [-0.05, 0) is 49.2 Å². The molecule has 1 saturated heterocycles. The highest BCUT2D eigenvalue weighted by atomic mass is 32.2. The van der Waals surface area contributed by atoms with Crippen LogP contribution in [0, 0.1) is 17.2 Å².